The van der Waals surface area contributed by atoms with Crippen molar-refractivity contribution in [1.82, 2.24) is 9.88 Å². The molecule has 1 N–H and O–H groups in total. The number of amides is 3. The van der Waals surface area contributed by atoms with Crippen molar-refractivity contribution in [3.63, 3.8) is 0 Å². The molecule has 1 aromatic heterocycles. The van der Waals surface area contributed by atoms with Crippen LogP contribution in [0.3, 0.4) is 0 Å². The molecule has 8 heteroatoms. The van der Waals surface area contributed by atoms with Gasteiger partial charge in [0.15, 0.2) is 5.13 Å². The molecule has 1 aliphatic rings. The first-order chi connectivity index (χ1) is 13.5. The van der Waals surface area contributed by atoms with Crippen molar-refractivity contribution >= 4 is 45.8 Å². The van der Waals surface area contributed by atoms with Crippen LogP contribution in [0, 0.1) is 0 Å². The summed E-state index contributed by atoms with van der Waals surface area (Å²) < 4.78 is 0. The van der Waals surface area contributed by atoms with Gasteiger partial charge in [-0.15, -0.1) is 11.3 Å². The van der Waals surface area contributed by atoms with Crippen LogP contribution in [0.15, 0.2) is 53.9 Å². The number of hydrogen-bond donors (Lipinski definition) is 1. The van der Waals surface area contributed by atoms with Crippen LogP contribution in [-0.2, 0) is 4.79 Å². The lowest BCUT2D eigenvalue weighted by Crippen LogP contribution is -2.45. The molecule has 0 bridgehead atoms. The van der Waals surface area contributed by atoms with E-state index in [0.717, 1.165) is 10.5 Å². The molecule has 28 heavy (non-hydrogen) atoms. The van der Waals surface area contributed by atoms with Gasteiger partial charge >= 0.3 is 0 Å². The zero-order chi connectivity index (χ0) is 19.8. The number of thiazole rings is 1. The van der Waals surface area contributed by atoms with E-state index in [4.69, 9.17) is 11.6 Å². The van der Waals surface area contributed by atoms with Crippen LogP contribution >= 0.6 is 22.9 Å². The number of nitrogens with one attached hydrogen (secondary N) is 1. The van der Waals surface area contributed by atoms with Crippen LogP contribution in [0.2, 0.25) is 5.02 Å². The Hall–Kier alpha value is -3.03. The summed E-state index contributed by atoms with van der Waals surface area (Å²) in [5, 5.41) is 5.51. The number of halogens is 1. The normalized spacial score (nSPS) is 14.1. The maximum Gasteiger partial charge on any atom is 0.262 e. The van der Waals surface area contributed by atoms with Gasteiger partial charge < -0.3 is 5.32 Å². The first kappa shape index (κ1) is 18.3. The number of carbonyl (C=O) groups is 3. The van der Waals surface area contributed by atoms with E-state index in [-0.39, 0.29) is 0 Å². The molecule has 140 valence electrons. The zero-order valence-corrected chi connectivity index (χ0v) is 16.3. The number of fused-ring (bicyclic) bond motifs is 1. The average Bonchev–Trinajstić information content (AvgIpc) is 3.25. The van der Waals surface area contributed by atoms with Crippen LogP contribution in [-0.4, -0.2) is 33.6 Å². The van der Waals surface area contributed by atoms with Crippen molar-refractivity contribution in [3.05, 3.63) is 70.1 Å². The van der Waals surface area contributed by atoms with Gasteiger partial charge in [0.05, 0.1) is 16.8 Å². The van der Waals surface area contributed by atoms with Crippen molar-refractivity contribution in [2.75, 3.05) is 5.32 Å². The Kier molecular flexibility index (Phi) is 4.70. The third kappa shape index (κ3) is 3.19. The number of imide groups is 1. The second-order valence-electron chi connectivity index (χ2n) is 6.24. The van der Waals surface area contributed by atoms with Crippen molar-refractivity contribution in [3.8, 4) is 11.3 Å². The van der Waals surface area contributed by atoms with Crippen LogP contribution in [0.4, 0.5) is 5.13 Å². The molecule has 0 aliphatic carbocycles. The minimum absolute atomic E-state index is 0.312. The van der Waals surface area contributed by atoms with Gasteiger partial charge in [0.1, 0.15) is 6.04 Å². The van der Waals surface area contributed by atoms with Crippen LogP contribution in [0.1, 0.15) is 27.6 Å². The van der Waals surface area contributed by atoms with Crippen LogP contribution in [0.25, 0.3) is 11.3 Å². The average molecular weight is 412 g/mol. The lowest BCUT2D eigenvalue weighted by molar-refractivity contribution is -0.119. The van der Waals surface area contributed by atoms with Crippen molar-refractivity contribution in [2.24, 2.45) is 0 Å². The highest BCUT2D eigenvalue weighted by Gasteiger charge is 2.40. The summed E-state index contributed by atoms with van der Waals surface area (Å²) in [6.45, 7) is 1.52. The molecular weight excluding hydrogens is 398 g/mol. The van der Waals surface area contributed by atoms with Gasteiger partial charge in [-0.3, -0.25) is 19.3 Å². The topological polar surface area (TPSA) is 79.4 Å². The summed E-state index contributed by atoms with van der Waals surface area (Å²) in [6.07, 6.45) is 0. The largest absolute Gasteiger partial charge is 0.300 e. The third-order valence-electron chi connectivity index (χ3n) is 4.47. The molecule has 4 rings (SSSR count). The maximum atomic E-state index is 12.6. The van der Waals surface area contributed by atoms with Gasteiger partial charge in [0.25, 0.3) is 11.8 Å². The lowest BCUT2D eigenvalue weighted by atomic mass is 10.1. The first-order valence-corrected chi connectivity index (χ1v) is 9.70. The number of nitrogens with zero attached hydrogens (tertiary/aromatic N) is 2. The number of anilines is 1. The summed E-state index contributed by atoms with van der Waals surface area (Å²) in [5.74, 6) is -1.42. The number of rotatable bonds is 4. The SMILES string of the molecule is C[C@@H](C(=O)Nc1nc(-c2ccc(Cl)cc2)cs1)N1C(=O)c2ccccc2C1=O. The Morgan fingerprint density at radius 3 is 2.29 bits per heavy atom. The Morgan fingerprint density at radius 2 is 1.68 bits per heavy atom. The summed E-state index contributed by atoms with van der Waals surface area (Å²) in [6, 6.07) is 12.8. The second kappa shape index (κ2) is 7.18. The highest BCUT2D eigenvalue weighted by atomic mass is 35.5. The van der Waals surface area contributed by atoms with Gasteiger partial charge in [-0.25, -0.2) is 4.98 Å². The van der Waals surface area contributed by atoms with Gasteiger partial charge in [-0.05, 0) is 31.2 Å². The van der Waals surface area contributed by atoms with Crippen molar-refractivity contribution < 1.29 is 14.4 Å². The lowest BCUT2D eigenvalue weighted by Gasteiger charge is -2.21. The molecule has 0 fully saturated rings. The molecule has 0 radical (unpaired) electrons. The minimum atomic E-state index is -0.963. The Balaban J connectivity index is 1.49. The van der Waals surface area contributed by atoms with E-state index >= 15 is 0 Å². The fourth-order valence-electron chi connectivity index (χ4n) is 2.97. The number of carbonyl (C=O) groups excluding carboxylic acids is 3. The highest BCUT2D eigenvalue weighted by Crippen LogP contribution is 2.28. The first-order valence-electron chi connectivity index (χ1n) is 8.45. The van der Waals surface area contributed by atoms with E-state index in [1.807, 2.05) is 17.5 Å². The molecule has 0 unspecified atom stereocenters. The van der Waals surface area contributed by atoms with E-state index < -0.39 is 23.8 Å². The molecule has 6 nitrogen and oxygen atoms in total. The molecule has 2 aromatic carbocycles. The van der Waals surface area contributed by atoms with Gasteiger partial charge in [-0.1, -0.05) is 35.9 Å². The fraction of sp³-hybridized carbons (Fsp3) is 0.100. The summed E-state index contributed by atoms with van der Waals surface area (Å²) in [7, 11) is 0. The minimum Gasteiger partial charge on any atom is -0.300 e. The quantitative estimate of drug-likeness (QED) is 0.656. The van der Waals surface area contributed by atoms with E-state index in [0.29, 0.717) is 27.0 Å². The second-order valence-corrected chi connectivity index (χ2v) is 7.53. The molecule has 0 saturated heterocycles. The predicted molar refractivity (Wildman–Crippen MR) is 108 cm³/mol. The molecule has 2 heterocycles. The molecule has 3 amide bonds. The Labute approximate surface area is 169 Å². The number of benzene rings is 2. The molecule has 0 spiro atoms. The van der Waals surface area contributed by atoms with E-state index in [9.17, 15) is 14.4 Å². The van der Waals surface area contributed by atoms with E-state index in [2.05, 4.69) is 10.3 Å². The summed E-state index contributed by atoms with van der Waals surface area (Å²) in [4.78, 5) is 43.0. The smallest absolute Gasteiger partial charge is 0.262 e. The molecule has 3 aromatic rings. The Bertz CT molecular complexity index is 1060. The summed E-state index contributed by atoms with van der Waals surface area (Å²) in [5.41, 5.74) is 2.19. The number of aromatic nitrogens is 1. The zero-order valence-electron chi connectivity index (χ0n) is 14.7. The van der Waals surface area contributed by atoms with E-state index in [1.165, 1.54) is 18.3 Å². The van der Waals surface area contributed by atoms with Crippen molar-refractivity contribution in [2.45, 2.75) is 13.0 Å². The summed E-state index contributed by atoms with van der Waals surface area (Å²) >= 11 is 7.15. The number of hydrogen-bond acceptors (Lipinski definition) is 5. The fourth-order valence-corrected chi connectivity index (χ4v) is 3.82. The predicted octanol–water partition coefficient (Wildman–Crippen LogP) is 4.09. The standard InChI is InChI=1S/C20H14ClN3O3S/c1-11(24-18(26)14-4-2-3-5-15(14)19(24)27)17(25)23-20-22-16(10-28-20)12-6-8-13(21)9-7-12/h2-11H,1H3,(H,22,23,25)/t11-/m0/s1. The van der Waals surface area contributed by atoms with E-state index in [1.54, 1.807) is 36.4 Å². The monoisotopic (exact) mass is 411 g/mol. The molecule has 1 atom stereocenters. The Morgan fingerprint density at radius 1 is 1.07 bits per heavy atom. The maximum absolute atomic E-state index is 12.6. The third-order valence-corrected chi connectivity index (χ3v) is 5.48. The molecule has 1 aliphatic heterocycles. The molecular formula is C20H14ClN3O3S. The van der Waals surface area contributed by atoms with Crippen LogP contribution < -0.4 is 5.32 Å². The molecule has 0 saturated carbocycles. The highest BCUT2D eigenvalue weighted by molar-refractivity contribution is 7.14. The van der Waals surface area contributed by atoms with Crippen molar-refractivity contribution in [1.29, 1.82) is 0 Å². The van der Waals surface area contributed by atoms with Gasteiger partial charge in [0.2, 0.25) is 5.91 Å². The van der Waals surface area contributed by atoms with Crippen LogP contribution in [0.5, 0.6) is 0 Å². The van der Waals surface area contributed by atoms with Gasteiger partial charge in [-0.2, -0.15) is 0 Å². The van der Waals surface area contributed by atoms with Gasteiger partial charge in [0, 0.05) is 16.0 Å².